The molecule has 0 aliphatic carbocycles. The number of hydrogen-bond acceptors (Lipinski definition) is 6. The van der Waals surface area contributed by atoms with Crippen molar-refractivity contribution in [2.24, 2.45) is 0 Å². The fourth-order valence-electron chi connectivity index (χ4n) is 3.83. The number of ether oxygens (including phenoxy) is 4. The van der Waals surface area contributed by atoms with Gasteiger partial charge in [0, 0.05) is 22.9 Å². The minimum absolute atomic E-state index is 0.0921. The van der Waals surface area contributed by atoms with Gasteiger partial charge in [-0.3, -0.25) is 4.79 Å². The molecule has 166 valence electrons. The largest absolute Gasteiger partial charge is 0.495 e. The predicted molar refractivity (Wildman–Crippen MR) is 121 cm³/mol. The standard InChI is InChI=1S/C25H20N2O6/c1-30-20-8-9-26-18(20)12-16-23-14(4-3-5-17(23)27-25(16)29)6-7-19(28)15-10-21(31-2)24-22(11-15)32-13-33-24/h3-5,8-12,19,26,28H,13H2,1-2H3,(H,27,29). The van der Waals surface area contributed by atoms with Crippen molar-refractivity contribution in [1.29, 1.82) is 0 Å². The van der Waals surface area contributed by atoms with E-state index >= 15 is 0 Å². The van der Waals surface area contributed by atoms with Crippen LogP contribution in [-0.2, 0) is 4.79 Å². The van der Waals surface area contributed by atoms with Crippen molar-refractivity contribution in [3.05, 3.63) is 65.0 Å². The van der Waals surface area contributed by atoms with Crippen molar-refractivity contribution < 1.29 is 28.8 Å². The van der Waals surface area contributed by atoms with E-state index in [1.807, 2.05) is 6.07 Å². The minimum Gasteiger partial charge on any atom is -0.495 e. The maximum absolute atomic E-state index is 12.7. The summed E-state index contributed by atoms with van der Waals surface area (Å²) in [7, 11) is 3.08. The highest BCUT2D eigenvalue weighted by atomic mass is 16.7. The van der Waals surface area contributed by atoms with Crippen LogP contribution in [0.25, 0.3) is 11.6 Å². The van der Waals surface area contributed by atoms with E-state index in [0.29, 0.717) is 56.6 Å². The number of fused-ring (bicyclic) bond motifs is 2. The lowest BCUT2D eigenvalue weighted by Gasteiger charge is -2.09. The predicted octanol–water partition coefficient (Wildman–Crippen LogP) is 3.34. The number of methoxy groups -OCH3 is 2. The van der Waals surface area contributed by atoms with Crippen LogP contribution in [-0.4, -0.2) is 37.0 Å². The molecule has 2 aromatic carbocycles. The molecule has 0 fully saturated rings. The van der Waals surface area contributed by atoms with Gasteiger partial charge in [-0.2, -0.15) is 0 Å². The third kappa shape index (κ3) is 3.64. The zero-order valence-electron chi connectivity index (χ0n) is 17.9. The molecule has 1 unspecified atom stereocenters. The van der Waals surface area contributed by atoms with Crippen LogP contribution in [0.4, 0.5) is 5.69 Å². The Balaban J connectivity index is 1.52. The smallest absolute Gasteiger partial charge is 0.256 e. The maximum atomic E-state index is 12.7. The van der Waals surface area contributed by atoms with Crippen molar-refractivity contribution in [1.82, 2.24) is 4.98 Å². The molecule has 3 heterocycles. The summed E-state index contributed by atoms with van der Waals surface area (Å²) in [6.07, 6.45) is 2.36. The van der Waals surface area contributed by atoms with E-state index in [2.05, 4.69) is 22.1 Å². The van der Waals surface area contributed by atoms with Gasteiger partial charge in [-0.25, -0.2) is 0 Å². The molecule has 0 radical (unpaired) electrons. The third-order valence-corrected chi connectivity index (χ3v) is 5.41. The average molecular weight is 444 g/mol. The molecule has 3 aromatic rings. The SMILES string of the molecule is COc1cc[nH]c1C=C1C(=O)Nc2cccc(C#CC(O)c3cc(OC)c4c(c3)OCO4)c21. The average Bonchev–Trinajstić information content (AvgIpc) is 3.55. The first-order valence-electron chi connectivity index (χ1n) is 10.1. The van der Waals surface area contributed by atoms with Gasteiger partial charge in [0.1, 0.15) is 11.9 Å². The van der Waals surface area contributed by atoms with Crippen LogP contribution in [0.1, 0.15) is 28.5 Å². The number of hydrogen-bond donors (Lipinski definition) is 3. The normalized spacial score (nSPS) is 15.5. The van der Waals surface area contributed by atoms with Gasteiger partial charge in [0.2, 0.25) is 12.5 Å². The number of H-pyrrole nitrogens is 1. The maximum Gasteiger partial charge on any atom is 0.256 e. The molecular weight excluding hydrogens is 424 g/mol. The molecule has 8 heteroatoms. The van der Waals surface area contributed by atoms with Crippen LogP contribution in [0.5, 0.6) is 23.0 Å². The summed E-state index contributed by atoms with van der Waals surface area (Å²) >= 11 is 0. The zero-order valence-corrected chi connectivity index (χ0v) is 17.9. The Morgan fingerprint density at radius 3 is 2.82 bits per heavy atom. The second-order valence-electron chi connectivity index (χ2n) is 7.33. The monoisotopic (exact) mass is 444 g/mol. The lowest BCUT2D eigenvalue weighted by Crippen LogP contribution is -2.03. The Hall–Kier alpha value is -4.35. The van der Waals surface area contributed by atoms with Gasteiger partial charge in [0.15, 0.2) is 11.5 Å². The first-order chi connectivity index (χ1) is 16.1. The lowest BCUT2D eigenvalue weighted by atomic mass is 9.99. The minimum atomic E-state index is -1.11. The summed E-state index contributed by atoms with van der Waals surface area (Å²) in [5.41, 5.74) is 3.57. The van der Waals surface area contributed by atoms with E-state index in [0.717, 1.165) is 0 Å². The molecule has 0 bridgehead atoms. The number of aromatic nitrogens is 1. The molecule has 1 amide bonds. The van der Waals surface area contributed by atoms with Gasteiger partial charge in [0.25, 0.3) is 5.91 Å². The van der Waals surface area contributed by atoms with Crippen molar-refractivity contribution in [3.63, 3.8) is 0 Å². The first-order valence-corrected chi connectivity index (χ1v) is 10.1. The summed E-state index contributed by atoms with van der Waals surface area (Å²) in [6.45, 7) is 0.0921. The number of carbonyl (C=O) groups excluding carboxylic acids is 1. The van der Waals surface area contributed by atoms with Gasteiger partial charge in [-0.15, -0.1) is 0 Å². The number of aliphatic hydroxyl groups is 1. The molecule has 0 saturated carbocycles. The van der Waals surface area contributed by atoms with Crippen LogP contribution in [0, 0.1) is 11.8 Å². The molecule has 3 N–H and O–H groups in total. The molecule has 1 atom stereocenters. The van der Waals surface area contributed by atoms with E-state index in [-0.39, 0.29) is 12.7 Å². The zero-order chi connectivity index (χ0) is 22.9. The second kappa shape index (κ2) is 8.30. The molecule has 0 spiro atoms. The number of anilines is 1. The Morgan fingerprint density at radius 1 is 1.15 bits per heavy atom. The van der Waals surface area contributed by atoms with E-state index in [1.54, 1.807) is 49.7 Å². The van der Waals surface area contributed by atoms with Crippen molar-refractivity contribution in [2.45, 2.75) is 6.10 Å². The van der Waals surface area contributed by atoms with Gasteiger partial charge in [0.05, 0.1) is 31.2 Å². The number of nitrogens with one attached hydrogen (secondary N) is 2. The summed E-state index contributed by atoms with van der Waals surface area (Å²) in [4.78, 5) is 15.7. The second-order valence-corrected chi connectivity index (χ2v) is 7.33. The molecule has 8 nitrogen and oxygen atoms in total. The number of rotatable bonds is 4. The van der Waals surface area contributed by atoms with Gasteiger partial charge >= 0.3 is 0 Å². The number of carbonyl (C=O) groups is 1. The Labute approximate surface area is 189 Å². The molecule has 33 heavy (non-hydrogen) atoms. The van der Waals surface area contributed by atoms with E-state index in [1.165, 1.54) is 7.11 Å². The first kappa shape index (κ1) is 20.5. The highest BCUT2D eigenvalue weighted by molar-refractivity contribution is 6.35. The van der Waals surface area contributed by atoms with Crippen LogP contribution < -0.4 is 24.3 Å². The van der Waals surface area contributed by atoms with Crippen molar-refractivity contribution in [2.75, 3.05) is 26.3 Å². The molecule has 0 saturated heterocycles. The topological polar surface area (TPSA) is 102 Å². The number of amides is 1. The van der Waals surface area contributed by atoms with Crippen LogP contribution in [0.3, 0.4) is 0 Å². The summed E-state index contributed by atoms with van der Waals surface area (Å²) in [5.74, 6) is 7.72. The van der Waals surface area contributed by atoms with Gasteiger partial charge in [-0.1, -0.05) is 17.9 Å². The van der Waals surface area contributed by atoms with Gasteiger partial charge < -0.3 is 34.4 Å². The summed E-state index contributed by atoms with van der Waals surface area (Å²) in [5, 5.41) is 13.6. The quantitative estimate of drug-likeness (QED) is 0.422. The lowest BCUT2D eigenvalue weighted by molar-refractivity contribution is -0.110. The molecule has 1 aromatic heterocycles. The third-order valence-electron chi connectivity index (χ3n) is 5.41. The fraction of sp³-hybridized carbons (Fsp3) is 0.160. The Bertz CT molecular complexity index is 1340. The van der Waals surface area contributed by atoms with Crippen LogP contribution in [0.15, 0.2) is 42.6 Å². The summed E-state index contributed by atoms with van der Waals surface area (Å²) < 4.78 is 21.5. The molecular formula is C25H20N2O6. The van der Waals surface area contributed by atoms with E-state index in [4.69, 9.17) is 18.9 Å². The molecule has 2 aliphatic rings. The van der Waals surface area contributed by atoms with Crippen molar-refractivity contribution >= 4 is 23.2 Å². The Morgan fingerprint density at radius 2 is 2.00 bits per heavy atom. The van der Waals surface area contributed by atoms with Gasteiger partial charge in [-0.05, 0) is 36.4 Å². The molecule has 5 rings (SSSR count). The number of aromatic amines is 1. The van der Waals surface area contributed by atoms with E-state index < -0.39 is 6.10 Å². The molecule has 2 aliphatic heterocycles. The number of aliphatic hydroxyl groups excluding tert-OH is 1. The van der Waals surface area contributed by atoms with Crippen LogP contribution >= 0.6 is 0 Å². The van der Waals surface area contributed by atoms with Crippen molar-refractivity contribution in [3.8, 4) is 34.8 Å². The number of benzene rings is 2. The summed E-state index contributed by atoms with van der Waals surface area (Å²) in [6, 6.07) is 10.5. The van der Waals surface area contributed by atoms with Crippen LogP contribution in [0.2, 0.25) is 0 Å². The highest BCUT2D eigenvalue weighted by Gasteiger charge is 2.27. The van der Waals surface area contributed by atoms with E-state index in [9.17, 15) is 9.90 Å². The fourth-order valence-corrected chi connectivity index (χ4v) is 3.83. The highest BCUT2D eigenvalue weighted by Crippen LogP contribution is 2.43. The Kier molecular flexibility index (Phi) is 5.17.